The number of pyridine rings is 1. The van der Waals surface area contributed by atoms with Gasteiger partial charge in [0.15, 0.2) is 0 Å². The number of hydrogen-bond donors (Lipinski definition) is 1. The lowest BCUT2D eigenvalue weighted by Crippen LogP contribution is -2.40. The summed E-state index contributed by atoms with van der Waals surface area (Å²) in [5.74, 6) is 0.193. The van der Waals surface area contributed by atoms with Crippen LogP contribution < -0.4 is 5.32 Å². The zero-order valence-corrected chi connectivity index (χ0v) is 12.0. The average Bonchev–Trinajstić information content (AvgIpc) is 2.98. The number of rotatable bonds is 1. The van der Waals surface area contributed by atoms with Crippen molar-refractivity contribution in [3.8, 4) is 0 Å². The highest BCUT2D eigenvalue weighted by Crippen LogP contribution is 2.43. The summed E-state index contributed by atoms with van der Waals surface area (Å²) in [4.78, 5) is 19.5. The zero-order valence-electron chi connectivity index (χ0n) is 11.2. The van der Waals surface area contributed by atoms with E-state index < -0.39 is 0 Å². The van der Waals surface area contributed by atoms with Gasteiger partial charge < -0.3 is 4.90 Å². The summed E-state index contributed by atoms with van der Waals surface area (Å²) in [6.45, 7) is 0. The van der Waals surface area contributed by atoms with E-state index in [9.17, 15) is 4.79 Å². The van der Waals surface area contributed by atoms with Gasteiger partial charge in [0.25, 0.3) is 5.91 Å². The smallest absolute Gasteiger partial charge is 0.262 e. The highest BCUT2D eigenvalue weighted by atomic mass is 32.2. The first-order chi connectivity index (χ1) is 9.83. The fourth-order valence-corrected chi connectivity index (χ4v) is 4.69. The predicted molar refractivity (Wildman–Crippen MR) is 79.6 cm³/mol. The van der Waals surface area contributed by atoms with Crippen LogP contribution in [0.25, 0.3) is 6.08 Å². The molecule has 1 N–H and O–H groups in total. The summed E-state index contributed by atoms with van der Waals surface area (Å²) in [6, 6.07) is 4.77. The highest BCUT2D eigenvalue weighted by molar-refractivity contribution is 8.05. The van der Waals surface area contributed by atoms with Gasteiger partial charge in [-0.3, -0.25) is 15.1 Å². The molecule has 0 spiro atoms. The molecule has 0 aromatic carbocycles. The second-order valence-corrected chi connectivity index (χ2v) is 6.72. The van der Waals surface area contributed by atoms with Gasteiger partial charge in [0.05, 0.1) is 4.91 Å². The standard InChI is InChI=1S/C15H17N3OS/c19-14-13(9-10-5-7-16-8-6-10)20-15-17-11-3-1-2-4-12(11)18(14)15/h5-9,11-12,15,17H,1-4H2/b13-9-. The van der Waals surface area contributed by atoms with Gasteiger partial charge in [-0.05, 0) is 36.6 Å². The number of aromatic nitrogens is 1. The Balaban J connectivity index is 1.59. The van der Waals surface area contributed by atoms with Crippen LogP contribution in [0, 0.1) is 0 Å². The van der Waals surface area contributed by atoms with Gasteiger partial charge in [0, 0.05) is 24.5 Å². The van der Waals surface area contributed by atoms with E-state index in [-0.39, 0.29) is 11.4 Å². The summed E-state index contributed by atoms with van der Waals surface area (Å²) < 4.78 is 0. The molecule has 104 valence electrons. The third-order valence-electron chi connectivity index (χ3n) is 4.38. The Morgan fingerprint density at radius 3 is 2.95 bits per heavy atom. The molecule has 3 heterocycles. The Morgan fingerprint density at radius 2 is 2.10 bits per heavy atom. The zero-order chi connectivity index (χ0) is 13.5. The van der Waals surface area contributed by atoms with E-state index in [1.54, 1.807) is 24.2 Å². The summed E-state index contributed by atoms with van der Waals surface area (Å²) >= 11 is 1.66. The summed E-state index contributed by atoms with van der Waals surface area (Å²) in [6.07, 6.45) is 10.4. The quantitative estimate of drug-likeness (QED) is 0.804. The Labute approximate surface area is 122 Å². The summed E-state index contributed by atoms with van der Waals surface area (Å²) in [5.41, 5.74) is 1.18. The molecule has 1 aromatic rings. The predicted octanol–water partition coefficient (Wildman–Crippen LogP) is 2.20. The Bertz CT molecular complexity index is 559. The Morgan fingerprint density at radius 1 is 1.30 bits per heavy atom. The first-order valence-corrected chi connectivity index (χ1v) is 8.08. The number of carbonyl (C=O) groups excluding carboxylic acids is 1. The summed E-state index contributed by atoms with van der Waals surface area (Å²) in [7, 11) is 0. The fraction of sp³-hybridized carbons (Fsp3) is 0.467. The topological polar surface area (TPSA) is 45.2 Å². The Kier molecular flexibility index (Phi) is 3.04. The van der Waals surface area contributed by atoms with Crippen molar-refractivity contribution < 1.29 is 4.79 Å². The molecule has 1 amide bonds. The van der Waals surface area contributed by atoms with E-state index in [1.165, 1.54) is 19.3 Å². The number of nitrogens with one attached hydrogen (secondary N) is 1. The lowest BCUT2D eigenvalue weighted by Gasteiger charge is -2.29. The van der Waals surface area contributed by atoms with Gasteiger partial charge in [0.2, 0.25) is 0 Å². The van der Waals surface area contributed by atoms with Crippen molar-refractivity contribution in [2.24, 2.45) is 0 Å². The van der Waals surface area contributed by atoms with Gasteiger partial charge in [-0.15, -0.1) is 0 Å². The lowest BCUT2D eigenvalue weighted by molar-refractivity contribution is -0.127. The molecule has 0 radical (unpaired) electrons. The van der Waals surface area contributed by atoms with E-state index in [0.717, 1.165) is 16.9 Å². The van der Waals surface area contributed by atoms with E-state index in [0.29, 0.717) is 12.1 Å². The SMILES string of the molecule is O=C1/C(=C/c2ccncc2)SC2NC3CCCCC3N12. The molecule has 20 heavy (non-hydrogen) atoms. The van der Waals surface area contributed by atoms with Crippen LogP contribution in [0.2, 0.25) is 0 Å². The van der Waals surface area contributed by atoms with Crippen LogP contribution >= 0.6 is 11.8 Å². The summed E-state index contributed by atoms with van der Waals surface area (Å²) in [5, 5.41) is 3.62. The largest absolute Gasteiger partial charge is 0.309 e. The van der Waals surface area contributed by atoms with E-state index in [1.807, 2.05) is 18.2 Å². The van der Waals surface area contributed by atoms with Crippen molar-refractivity contribution >= 4 is 23.7 Å². The van der Waals surface area contributed by atoms with E-state index >= 15 is 0 Å². The molecule has 3 unspecified atom stereocenters. The molecule has 1 aliphatic carbocycles. The van der Waals surface area contributed by atoms with Crippen LogP contribution in [-0.2, 0) is 4.79 Å². The third-order valence-corrected chi connectivity index (χ3v) is 5.52. The maximum Gasteiger partial charge on any atom is 0.262 e. The van der Waals surface area contributed by atoms with Crippen molar-refractivity contribution in [2.75, 3.05) is 0 Å². The van der Waals surface area contributed by atoms with Gasteiger partial charge >= 0.3 is 0 Å². The maximum atomic E-state index is 12.6. The molecule has 3 aliphatic rings. The molecule has 3 atom stereocenters. The number of thioether (sulfide) groups is 1. The molecule has 0 bridgehead atoms. The molecule has 3 fully saturated rings. The molecule has 4 rings (SSSR count). The molecular formula is C15H17N3OS. The molecule has 1 saturated carbocycles. The Hall–Kier alpha value is -1.33. The van der Waals surface area contributed by atoms with Crippen molar-refractivity contribution in [3.63, 3.8) is 0 Å². The molecule has 5 heteroatoms. The van der Waals surface area contributed by atoms with Crippen LogP contribution in [-0.4, -0.2) is 33.4 Å². The third kappa shape index (κ3) is 1.96. The van der Waals surface area contributed by atoms with Crippen LogP contribution in [0.5, 0.6) is 0 Å². The number of fused-ring (bicyclic) bond motifs is 3. The molecular weight excluding hydrogens is 270 g/mol. The number of amides is 1. The average molecular weight is 287 g/mol. The van der Waals surface area contributed by atoms with Crippen LogP contribution in [0.15, 0.2) is 29.4 Å². The van der Waals surface area contributed by atoms with Crippen LogP contribution in [0.3, 0.4) is 0 Å². The first-order valence-electron chi connectivity index (χ1n) is 7.20. The fourth-order valence-electron chi connectivity index (χ4n) is 3.43. The van der Waals surface area contributed by atoms with Gasteiger partial charge in [-0.2, -0.15) is 0 Å². The van der Waals surface area contributed by atoms with Crippen LogP contribution in [0.4, 0.5) is 0 Å². The second kappa shape index (κ2) is 4.90. The first kappa shape index (κ1) is 12.4. The minimum absolute atomic E-state index is 0.142. The van der Waals surface area contributed by atoms with Gasteiger partial charge in [-0.1, -0.05) is 24.6 Å². The molecule has 2 saturated heterocycles. The lowest BCUT2D eigenvalue weighted by atomic mass is 9.91. The number of nitrogens with zero attached hydrogens (tertiary/aromatic N) is 2. The van der Waals surface area contributed by atoms with E-state index in [4.69, 9.17) is 0 Å². The highest BCUT2D eigenvalue weighted by Gasteiger charge is 2.49. The molecule has 4 nitrogen and oxygen atoms in total. The maximum absolute atomic E-state index is 12.6. The molecule has 1 aromatic heterocycles. The minimum atomic E-state index is 0.142. The van der Waals surface area contributed by atoms with Crippen molar-refractivity contribution in [1.82, 2.24) is 15.2 Å². The number of hydrogen-bond acceptors (Lipinski definition) is 4. The molecule has 2 aliphatic heterocycles. The minimum Gasteiger partial charge on any atom is -0.309 e. The van der Waals surface area contributed by atoms with Crippen LogP contribution in [0.1, 0.15) is 31.2 Å². The van der Waals surface area contributed by atoms with E-state index in [2.05, 4.69) is 15.2 Å². The van der Waals surface area contributed by atoms with Crippen molar-refractivity contribution in [2.45, 2.75) is 43.3 Å². The monoisotopic (exact) mass is 287 g/mol. The number of carbonyl (C=O) groups is 1. The normalized spacial score (nSPS) is 34.4. The van der Waals surface area contributed by atoms with Gasteiger partial charge in [0.1, 0.15) is 5.50 Å². The van der Waals surface area contributed by atoms with Gasteiger partial charge in [-0.25, -0.2) is 0 Å². The van der Waals surface area contributed by atoms with Crippen molar-refractivity contribution in [3.05, 3.63) is 35.0 Å². The van der Waals surface area contributed by atoms with Crippen molar-refractivity contribution in [1.29, 1.82) is 0 Å². The second-order valence-electron chi connectivity index (χ2n) is 5.60.